The molecule has 0 saturated carbocycles. The lowest BCUT2D eigenvalue weighted by atomic mass is 10.2. The van der Waals surface area contributed by atoms with Crippen molar-refractivity contribution in [2.45, 2.75) is 33.4 Å². The van der Waals surface area contributed by atoms with Crippen molar-refractivity contribution >= 4 is 5.91 Å². The van der Waals surface area contributed by atoms with Gasteiger partial charge in [0.15, 0.2) is 0 Å². The van der Waals surface area contributed by atoms with Gasteiger partial charge in [-0.3, -0.25) is 4.79 Å². The van der Waals surface area contributed by atoms with E-state index in [1.165, 1.54) is 0 Å². The number of nitrogens with zero attached hydrogens (tertiary/aromatic N) is 3. The highest BCUT2D eigenvalue weighted by atomic mass is 16.1. The molecule has 6 heteroatoms. The summed E-state index contributed by atoms with van der Waals surface area (Å²) in [6, 6.07) is 1.98. The molecule has 104 valence electrons. The van der Waals surface area contributed by atoms with E-state index in [-0.39, 0.29) is 12.5 Å². The van der Waals surface area contributed by atoms with Gasteiger partial charge in [0.2, 0.25) is 5.91 Å². The van der Waals surface area contributed by atoms with Gasteiger partial charge < -0.3 is 15.2 Å². The van der Waals surface area contributed by atoms with Gasteiger partial charge in [0.1, 0.15) is 6.54 Å². The molecule has 0 atom stereocenters. The first-order chi connectivity index (χ1) is 9.11. The van der Waals surface area contributed by atoms with Crippen LogP contribution in [0, 0.1) is 17.2 Å². The van der Waals surface area contributed by atoms with Crippen LogP contribution in [0.3, 0.4) is 0 Å². The monoisotopic (exact) mass is 263 g/mol. The second-order valence-electron chi connectivity index (χ2n) is 4.82. The molecule has 0 aliphatic rings. The van der Waals surface area contributed by atoms with Crippen LogP contribution in [0.4, 0.5) is 0 Å². The summed E-state index contributed by atoms with van der Waals surface area (Å²) in [6.45, 7) is 6.59. The summed E-state index contributed by atoms with van der Waals surface area (Å²) < 4.78 is 1.74. The predicted octanol–water partition coefficient (Wildman–Crippen LogP) is 0.659. The third-order valence-corrected chi connectivity index (χ3v) is 2.43. The summed E-state index contributed by atoms with van der Waals surface area (Å²) >= 11 is 0. The molecule has 0 radical (unpaired) electrons. The Hall–Kier alpha value is -1.87. The smallest absolute Gasteiger partial charge is 0.240 e. The van der Waals surface area contributed by atoms with Crippen LogP contribution >= 0.6 is 0 Å². The molecule has 1 aromatic heterocycles. The maximum Gasteiger partial charge on any atom is 0.240 e. The number of rotatable bonds is 8. The average Bonchev–Trinajstić information content (AvgIpc) is 2.76. The Morgan fingerprint density at radius 3 is 3.05 bits per heavy atom. The molecule has 0 aliphatic heterocycles. The first-order valence-electron chi connectivity index (χ1n) is 6.47. The Kier molecular flexibility index (Phi) is 6.61. The largest absolute Gasteiger partial charge is 0.354 e. The molecule has 0 spiro atoms. The molecule has 19 heavy (non-hydrogen) atoms. The molecule has 1 amide bonds. The lowest BCUT2D eigenvalue weighted by molar-refractivity contribution is -0.121. The Bertz CT molecular complexity index is 432. The van der Waals surface area contributed by atoms with Crippen LogP contribution in [0.15, 0.2) is 12.5 Å². The topological polar surface area (TPSA) is 82.7 Å². The van der Waals surface area contributed by atoms with E-state index in [1.54, 1.807) is 10.9 Å². The van der Waals surface area contributed by atoms with E-state index in [9.17, 15) is 4.79 Å². The van der Waals surface area contributed by atoms with Crippen molar-refractivity contribution in [3.63, 3.8) is 0 Å². The van der Waals surface area contributed by atoms with Gasteiger partial charge in [-0.05, 0) is 12.5 Å². The van der Waals surface area contributed by atoms with E-state index in [1.807, 2.05) is 12.3 Å². The van der Waals surface area contributed by atoms with Crippen molar-refractivity contribution in [1.29, 1.82) is 5.26 Å². The molecule has 0 fully saturated rings. The number of amides is 1. The van der Waals surface area contributed by atoms with E-state index >= 15 is 0 Å². The lowest BCUT2D eigenvalue weighted by Gasteiger charge is -2.05. The Labute approximate surface area is 113 Å². The van der Waals surface area contributed by atoms with Gasteiger partial charge in [-0.15, -0.1) is 0 Å². The van der Waals surface area contributed by atoms with E-state index in [0.29, 0.717) is 25.4 Å². The zero-order valence-electron chi connectivity index (χ0n) is 11.5. The second-order valence-corrected chi connectivity index (χ2v) is 4.82. The van der Waals surface area contributed by atoms with E-state index in [2.05, 4.69) is 29.5 Å². The fourth-order valence-electron chi connectivity index (χ4n) is 1.55. The van der Waals surface area contributed by atoms with Gasteiger partial charge in [-0.1, -0.05) is 13.8 Å². The number of hydrogen-bond donors (Lipinski definition) is 2. The zero-order chi connectivity index (χ0) is 14.1. The van der Waals surface area contributed by atoms with E-state index < -0.39 is 0 Å². The van der Waals surface area contributed by atoms with Crippen LogP contribution in [0.25, 0.3) is 0 Å². The first-order valence-corrected chi connectivity index (χ1v) is 6.47. The van der Waals surface area contributed by atoms with E-state index in [4.69, 9.17) is 5.26 Å². The van der Waals surface area contributed by atoms with Gasteiger partial charge in [0, 0.05) is 19.3 Å². The molecule has 0 bridgehead atoms. The molecule has 0 saturated heterocycles. The first kappa shape index (κ1) is 15.2. The molecule has 1 rings (SSSR count). The molecule has 2 N–H and O–H groups in total. The van der Waals surface area contributed by atoms with Crippen LogP contribution in [0.2, 0.25) is 0 Å². The highest BCUT2D eigenvalue weighted by Crippen LogP contribution is 1.97. The predicted molar refractivity (Wildman–Crippen MR) is 72.0 cm³/mol. The number of carbonyl (C=O) groups excluding carboxylic acids is 1. The second kappa shape index (κ2) is 8.27. The summed E-state index contributed by atoms with van der Waals surface area (Å²) in [5.41, 5.74) is 0.922. The molecule has 6 nitrogen and oxygen atoms in total. The molecular weight excluding hydrogens is 242 g/mol. The van der Waals surface area contributed by atoms with Crippen molar-refractivity contribution in [2.75, 3.05) is 13.1 Å². The number of imidazole rings is 1. The Morgan fingerprint density at radius 1 is 1.58 bits per heavy atom. The summed E-state index contributed by atoms with van der Waals surface area (Å²) in [4.78, 5) is 15.7. The van der Waals surface area contributed by atoms with Gasteiger partial charge in [-0.2, -0.15) is 5.26 Å². The average molecular weight is 263 g/mol. The summed E-state index contributed by atoms with van der Waals surface area (Å²) in [5.74, 6) is 0.502. The van der Waals surface area contributed by atoms with Crippen molar-refractivity contribution < 1.29 is 4.79 Å². The number of nitriles is 1. The van der Waals surface area contributed by atoms with Gasteiger partial charge in [0.05, 0.1) is 24.5 Å². The fraction of sp³-hybridized carbons (Fsp3) is 0.615. The highest BCUT2D eigenvalue weighted by Gasteiger charge is 2.04. The van der Waals surface area contributed by atoms with Gasteiger partial charge in [-0.25, -0.2) is 4.98 Å². The SMILES string of the molecule is CC(C)CNCc1cn(CC(=O)NCCC#N)cn1. The van der Waals surface area contributed by atoms with Crippen molar-refractivity contribution in [2.24, 2.45) is 5.92 Å². The normalized spacial score (nSPS) is 10.4. The minimum Gasteiger partial charge on any atom is -0.354 e. The van der Waals surface area contributed by atoms with Crippen LogP contribution in [0.5, 0.6) is 0 Å². The fourth-order valence-corrected chi connectivity index (χ4v) is 1.55. The summed E-state index contributed by atoms with van der Waals surface area (Å²) in [7, 11) is 0. The zero-order valence-corrected chi connectivity index (χ0v) is 11.5. The van der Waals surface area contributed by atoms with Gasteiger partial charge >= 0.3 is 0 Å². The molecule has 1 heterocycles. The molecule has 0 unspecified atom stereocenters. The molecule has 0 aromatic carbocycles. The quantitative estimate of drug-likeness (QED) is 0.675. The lowest BCUT2D eigenvalue weighted by Crippen LogP contribution is -2.27. The summed E-state index contributed by atoms with van der Waals surface area (Å²) in [5, 5.41) is 14.3. The Balaban J connectivity index is 2.30. The number of aromatic nitrogens is 2. The number of hydrogen-bond acceptors (Lipinski definition) is 4. The number of nitrogens with one attached hydrogen (secondary N) is 2. The van der Waals surface area contributed by atoms with Crippen molar-refractivity contribution in [3.05, 3.63) is 18.2 Å². The molecular formula is C13H21N5O. The van der Waals surface area contributed by atoms with Gasteiger partial charge in [0.25, 0.3) is 0 Å². The summed E-state index contributed by atoms with van der Waals surface area (Å²) in [6.07, 6.45) is 3.84. The Morgan fingerprint density at radius 2 is 2.37 bits per heavy atom. The van der Waals surface area contributed by atoms with Crippen molar-refractivity contribution in [1.82, 2.24) is 20.2 Å². The maximum atomic E-state index is 11.5. The van der Waals surface area contributed by atoms with Crippen LogP contribution in [-0.4, -0.2) is 28.5 Å². The molecule has 0 aliphatic carbocycles. The third-order valence-electron chi connectivity index (χ3n) is 2.43. The van der Waals surface area contributed by atoms with E-state index in [0.717, 1.165) is 12.2 Å². The minimum atomic E-state index is -0.102. The minimum absolute atomic E-state index is 0.102. The van der Waals surface area contributed by atoms with Crippen LogP contribution < -0.4 is 10.6 Å². The van der Waals surface area contributed by atoms with Crippen molar-refractivity contribution in [3.8, 4) is 6.07 Å². The highest BCUT2D eigenvalue weighted by molar-refractivity contribution is 5.75. The van der Waals surface area contributed by atoms with Crippen LogP contribution in [-0.2, 0) is 17.9 Å². The standard InChI is InChI=1S/C13H21N5O/c1-11(2)6-15-7-12-8-18(10-17-12)9-13(19)16-5-3-4-14/h8,10-11,15H,3,5-7,9H2,1-2H3,(H,16,19). The number of carbonyl (C=O) groups is 1. The third kappa shape index (κ3) is 6.58. The molecule has 1 aromatic rings. The maximum absolute atomic E-state index is 11.5. The van der Waals surface area contributed by atoms with Crippen LogP contribution in [0.1, 0.15) is 26.0 Å².